The first kappa shape index (κ1) is 21.1. The van der Waals surface area contributed by atoms with Gasteiger partial charge in [0.2, 0.25) is 0 Å². The summed E-state index contributed by atoms with van der Waals surface area (Å²) in [6.45, 7) is 0.265. The van der Waals surface area contributed by atoms with Crippen LogP contribution in [0.1, 0.15) is 26.5 Å². The highest BCUT2D eigenvalue weighted by molar-refractivity contribution is 6.39. The molecule has 6 nitrogen and oxygen atoms in total. The van der Waals surface area contributed by atoms with Crippen LogP contribution in [0.25, 0.3) is 21.8 Å². The second-order valence-electron chi connectivity index (χ2n) is 7.56. The number of aromatic amines is 2. The number of carbonyl (C=O) groups excluding carboxylic acids is 2. The summed E-state index contributed by atoms with van der Waals surface area (Å²) in [6.07, 6.45) is 0. The summed E-state index contributed by atoms with van der Waals surface area (Å²) in [5, 5.41) is 8.06. The first-order chi connectivity index (χ1) is 16.0. The van der Waals surface area contributed by atoms with E-state index in [2.05, 4.69) is 20.6 Å². The number of halogens is 2. The molecular formula is C25H18Cl2N4O2. The molecule has 2 aromatic heterocycles. The van der Waals surface area contributed by atoms with Gasteiger partial charge in [0, 0.05) is 34.0 Å². The number of amides is 2. The van der Waals surface area contributed by atoms with Gasteiger partial charge in [-0.25, -0.2) is 0 Å². The maximum Gasteiger partial charge on any atom is 0.273 e. The maximum atomic E-state index is 12.8. The number of fused-ring (bicyclic) bond motifs is 2. The molecule has 2 amide bonds. The lowest BCUT2D eigenvalue weighted by Crippen LogP contribution is -2.23. The van der Waals surface area contributed by atoms with E-state index in [-0.39, 0.29) is 18.4 Å². The first-order valence-electron chi connectivity index (χ1n) is 10.2. The molecule has 0 aliphatic rings. The molecule has 0 radical (unpaired) electrons. The zero-order chi connectivity index (χ0) is 22.9. The molecule has 5 rings (SSSR count). The Labute approximate surface area is 198 Å². The van der Waals surface area contributed by atoms with Crippen molar-refractivity contribution >= 4 is 62.5 Å². The summed E-state index contributed by atoms with van der Waals surface area (Å²) in [6, 6.07) is 22.1. The van der Waals surface area contributed by atoms with Gasteiger partial charge in [0.25, 0.3) is 11.8 Å². The minimum atomic E-state index is -0.345. The van der Waals surface area contributed by atoms with Crippen LogP contribution in [0, 0.1) is 0 Å². The predicted molar refractivity (Wildman–Crippen MR) is 132 cm³/mol. The van der Waals surface area contributed by atoms with Crippen molar-refractivity contribution < 1.29 is 9.59 Å². The highest BCUT2D eigenvalue weighted by Crippen LogP contribution is 2.28. The number of benzene rings is 3. The summed E-state index contributed by atoms with van der Waals surface area (Å²) in [7, 11) is 0. The van der Waals surface area contributed by atoms with Gasteiger partial charge in [0.05, 0.1) is 10.0 Å². The van der Waals surface area contributed by atoms with E-state index in [1.165, 1.54) is 0 Å². The number of aromatic nitrogens is 2. The van der Waals surface area contributed by atoms with Crippen molar-refractivity contribution in [3.05, 3.63) is 99.8 Å². The minimum Gasteiger partial charge on any atom is -0.349 e. The van der Waals surface area contributed by atoms with Crippen molar-refractivity contribution in [3.63, 3.8) is 0 Å². The molecule has 0 aliphatic heterocycles. The van der Waals surface area contributed by atoms with Crippen LogP contribution in [0.4, 0.5) is 5.69 Å². The van der Waals surface area contributed by atoms with Crippen LogP contribution in [0.2, 0.25) is 10.0 Å². The van der Waals surface area contributed by atoms with E-state index in [1.807, 2.05) is 54.6 Å². The lowest BCUT2D eigenvalue weighted by Gasteiger charge is -2.08. The highest BCUT2D eigenvalue weighted by Gasteiger charge is 2.17. The molecule has 0 saturated carbocycles. The molecule has 33 heavy (non-hydrogen) atoms. The Balaban J connectivity index is 1.29. The number of anilines is 1. The number of nitrogens with one attached hydrogen (secondary N) is 4. The molecule has 0 aliphatic carbocycles. The molecule has 8 heteroatoms. The zero-order valence-electron chi connectivity index (χ0n) is 17.2. The average molecular weight is 477 g/mol. The fourth-order valence-electron chi connectivity index (χ4n) is 3.75. The summed E-state index contributed by atoms with van der Waals surface area (Å²) in [5.74, 6) is -0.655. The number of hydrogen-bond acceptors (Lipinski definition) is 2. The van der Waals surface area contributed by atoms with E-state index in [4.69, 9.17) is 23.2 Å². The fourth-order valence-corrected chi connectivity index (χ4v) is 4.35. The van der Waals surface area contributed by atoms with Gasteiger partial charge in [-0.1, -0.05) is 71.7 Å². The van der Waals surface area contributed by atoms with Gasteiger partial charge in [-0.15, -0.1) is 0 Å². The predicted octanol–water partition coefficient (Wildman–Crippen LogP) is 6.14. The number of rotatable bonds is 5. The van der Waals surface area contributed by atoms with E-state index in [9.17, 15) is 9.59 Å². The van der Waals surface area contributed by atoms with Crippen LogP contribution >= 0.6 is 23.2 Å². The zero-order valence-corrected chi connectivity index (χ0v) is 18.7. The molecule has 0 spiro atoms. The van der Waals surface area contributed by atoms with Crippen LogP contribution < -0.4 is 10.6 Å². The van der Waals surface area contributed by atoms with Gasteiger partial charge in [-0.05, 0) is 29.8 Å². The molecule has 0 atom stereocenters. The maximum absolute atomic E-state index is 12.8. The van der Waals surface area contributed by atoms with Crippen LogP contribution in [-0.4, -0.2) is 21.8 Å². The normalized spacial score (nSPS) is 11.1. The van der Waals surface area contributed by atoms with E-state index in [1.54, 1.807) is 18.2 Å². The number of carbonyl (C=O) groups is 2. The molecule has 0 bridgehead atoms. The third-order valence-electron chi connectivity index (χ3n) is 5.38. The molecular weight excluding hydrogens is 459 g/mol. The van der Waals surface area contributed by atoms with E-state index >= 15 is 0 Å². The van der Waals surface area contributed by atoms with Gasteiger partial charge in [-0.2, -0.15) is 0 Å². The summed E-state index contributed by atoms with van der Waals surface area (Å²) in [5.41, 5.74) is 3.61. The lowest BCUT2D eigenvalue weighted by atomic mass is 10.2. The van der Waals surface area contributed by atoms with Crippen molar-refractivity contribution in [2.75, 3.05) is 5.32 Å². The van der Waals surface area contributed by atoms with Crippen molar-refractivity contribution in [2.45, 2.75) is 6.54 Å². The van der Waals surface area contributed by atoms with Crippen molar-refractivity contribution in [3.8, 4) is 0 Å². The van der Waals surface area contributed by atoms with E-state index in [0.29, 0.717) is 27.1 Å². The smallest absolute Gasteiger partial charge is 0.273 e. The Kier molecular flexibility index (Phi) is 5.54. The van der Waals surface area contributed by atoms with Crippen molar-refractivity contribution in [1.82, 2.24) is 15.3 Å². The first-order valence-corrected chi connectivity index (χ1v) is 11.0. The van der Waals surface area contributed by atoms with Gasteiger partial charge in [0.1, 0.15) is 11.4 Å². The largest absolute Gasteiger partial charge is 0.349 e. The molecule has 5 aromatic rings. The molecule has 164 valence electrons. The molecule has 0 unspecified atom stereocenters. The Morgan fingerprint density at radius 1 is 0.727 bits per heavy atom. The molecule has 0 fully saturated rings. The second kappa shape index (κ2) is 8.65. The Bertz CT molecular complexity index is 1520. The highest BCUT2D eigenvalue weighted by atomic mass is 35.5. The third-order valence-corrected chi connectivity index (χ3v) is 6.16. The minimum absolute atomic E-state index is 0.265. The summed E-state index contributed by atoms with van der Waals surface area (Å²) in [4.78, 5) is 31.5. The number of hydrogen-bond donors (Lipinski definition) is 4. The Morgan fingerprint density at radius 3 is 1.91 bits per heavy atom. The van der Waals surface area contributed by atoms with Crippen molar-refractivity contribution in [2.24, 2.45) is 0 Å². The van der Waals surface area contributed by atoms with Gasteiger partial charge >= 0.3 is 0 Å². The Hall–Kier alpha value is -3.74. The van der Waals surface area contributed by atoms with Crippen LogP contribution in [-0.2, 0) is 6.54 Å². The molecule has 3 aromatic carbocycles. The van der Waals surface area contributed by atoms with Crippen LogP contribution in [0.15, 0.2) is 72.8 Å². The summed E-state index contributed by atoms with van der Waals surface area (Å²) >= 11 is 12.7. The van der Waals surface area contributed by atoms with Crippen LogP contribution in [0.3, 0.4) is 0 Å². The van der Waals surface area contributed by atoms with Gasteiger partial charge < -0.3 is 20.6 Å². The second-order valence-corrected chi connectivity index (χ2v) is 8.31. The van der Waals surface area contributed by atoms with E-state index < -0.39 is 0 Å². The van der Waals surface area contributed by atoms with Gasteiger partial charge in [-0.3, -0.25) is 9.59 Å². The fraction of sp³-hybridized carbons (Fsp3) is 0.0400. The van der Waals surface area contributed by atoms with E-state index in [0.717, 1.165) is 27.4 Å². The van der Waals surface area contributed by atoms with Crippen molar-refractivity contribution in [1.29, 1.82) is 0 Å². The number of para-hydroxylation sites is 2. The molecule has 2 heterocycles. The average Bonchev–Trinajstić information content (AvgIpc) is 3.35. The molecule has 0 saturated heterocycles. The molecule has 4 N–H and O–H groups in total. The SMILES string of the molecule is O=C(NCc1cccc(NC(=O)c2[nH]c3ccccc3c2Cl)c1)c1[nH]c2ccccc2c1Cl. The quantitative estimate of drug-likeness (QED) is 0.245. The number of H-pyrrole nitrogens is 2. The summed E-state index contributed by atoms with van der Waals surface area (Å²) < 4.78 is 0. The van der Waals surface area contributed by atoms with Crippen LogP contribution in [0.5, 0.6) is 0 Å². The standard InChI is InChI=1S/C25H18Cl2N4O2/c26-20-16-8-1-3-10-18(16)30-22(20)24(32)28-13-14-6-5-7-15(12-14)29-25(33)23-21(27)17-9-2-4-11-19(17)31-23/h1-12,30-31H,13H2,(H,28,32)(H,29,33). The van der Waals surface area contributed by atoms with Gasteiger partial charge in [0.15, 0.2) is 0 Å². The monoisotopic (exact) mass is 476 g/mol. The third kappa shape index (κ3) is 4.06. The lowest BCUT2D eigenvalue weighted by molar-refractivity contribution is 0.0946. The Morgan fingerprint density at radius 2 is 1.30 bits per heavy atom. The topological polar surface area (TPSA) is 89.8 Å².